The van der Waals surface area contributed by atoms with Gasteiger partial charge < -0.3 is 31.1 Å². The number of pyridine rings is 1. The molecule has 1 unspecified atom stereocenters. The molecule has 0 spiro atoms. The number of benzene rings is 2. The lowest BCUT2D eigenvalue weighted by atomic mass is 9.92. The number of carbonyl (C=O) groups excluding carboxylic acids is 4. The molecule has 3 rings (SSSR count). The first-order valence-corrected chi connectivity index (χ1v) is 17.9. The topological polar surface area (TPSA) is 159 Å². The van der Waals surface area contributed by atoms with Crippen LogP contribution in [0.5, 0.6) is 0 Å². The fourth-order valence-corrected chi connectivity index (χ4v) is 5.59. The molecular weight excluding hydrogens is 643 g/mol. The van der Waals surface area contributed by atoms with E-state index in [1.54, 1.807) is 31.5 Å². The number of carbonyl (C=O) groups is 4. The minimum Gasteiger partial charge on any atom is -0.445 e. The van der Waals surface area contributed by atoms with Gasteiger partial charge in [0.2, 0.25) is 17.7 Å². The molecule has 5 N–H and O–H groups in total. The molecule has 264 valence electrons. The van der Waals surface area contributed by atoms with Gasteiger partial charge in [0, 0.05) is 30.4 Å². The van der Waals surface area contributed by atoms with E-state index in [1.165, 1.54) is 11.8 Å². The van der Waals surface area contributed by atoms with E-state index >= 15 is 0 Å². The Bertz CT molecular complexity index is 1450. The summed E-state index contributed by atoms with van der Waals surface area (Å²) in [4.78, 5) is 56.6. The molecule has 0 aliphatic heterocycles. The maximum absolute atomic E-state index is 13.6. The van der Waals surface area contributed by atoms with Crippen LogP contribution in [0, 0.1) is 11.8 Å². The van der Waals surface area contributed by atoms with Gasteiger partial charge in [0.1, 0.15) is 18.7 Å². The van der Waals surface area contributed by atoms with Gasteiger partial charge in [0.25, 0.3) is 0 Å². The molecule has 1 aromatic heterocycles. The van der Waals surface area contributed by atoms with Crippen LogP contribution in [0.15, 0.2) is 85.2 Å². The standard InChI is InChI=1S/C37H49N5O6S/c1-25(2)33(36(46)39-23-28-14-9-6-10-15-28)42-34(44)26(3)20-32(43)31(21-27-12-7-5-8-13-27)40-35(45)30(17-19-49-4)41-37(47)48-24-29-16-11-18-38-22-29/h5-16,18,22,25-26,30-33,43H,17,19-21,23-24H2,1-4H3,(H,39,46)(H,40,45)(H,41,47)(H,42,44)/t26-,30?,31+,32+,33+/m1/s1. The second-order valence-corrected chi connectivity index (χ2v) is 13.3. The van der Waals surface area contributed by atoms with Crippen LogP contribution in [-0.2, 0) is 38.7 Å². The summed E-state index contributed by atoms with van der Waals surface area (Å²) in [6.45, 7) is 5.73. The summed E-state index contributed by atoms with van der Waals surface area (Å²) in [5, 5.41) is 22.8. The van der Waals surface area contributed by atoms with Crippen molar-refractivity contribution in [3.8, 4) is 0 Å². The molecule has 1 heterocycles. The van der Waals surface area contributed by atoms with Crippen molar-refractivity contribution in [3.05, 3.63) is 102 Å². The molecule has 0 aliphatic carbocycles. The molecule has 5 atom stereocenters. The number of hydrogen-bond donors (Lipinski definition) is 5. The van der Waals surface area contributed by atoms with E-state index in [1.807, 2.05) is 80.8 Å². The lowest BCUT2D eigenvalue weighted by Gasteiger charge is -2.29. The molecule has 0 aliphatic rings. The van der Waals surface area contributed by atoms with Gasteiger partial charge in [0.15, 0.2) is 0 Å². The SMILES string of the molecule is CSCCC(NC(=O)OCc1cccnc1)C(=O)N[C@@H](Cc1ccccc1)[C@@H](O)C[C@@H](C)C(=O)N[C@H](C(=O)NCc1ccccc1)C(C)C. The molecule has 11 nitrogen and oxygen atoms in total. The van der Waals surface area contributed by atoms with Crippen LogP contribution in [0.3, 0.4) is 0 Å². The first-order valence-electron chi connectivity index (χ1n) is 16.5. The van der Waals surface area contributed by atoms with Crippen molar-refractivity contribution in [2.45, 2.75) is 77.4 Å². The smallest absolute Gasteiger partial charge is 0.408 e. The summed E-state index contributed by atoms with van der Waals surface area (Å²) in [7, 11) is 0. The summed E-state index contributed by atoms with van der Waals surface area (Å²) in [5.41, 5.74) is 2.53. The molecule has 12 heteroatoms. The van der Waals surface area contributed by atoms with Crippen LogP contribution in [0.1, 0.15) is 50.3 Å². The summed E-state index contributed by atoms with van der Waals surface area (Å²) in [6, 6.07) is 20.0. The minimum atomic E-state index is -1.12. The van der Waals surface area contributed by atoms with Crippen LogP contribution in [0.4, 0.5) is 4.79 Å². The van der Waals surface area contributed by atoms with Crippen molar-refractivity contribution in [1.82, 2.24) is 26.3 Å². The van der Waals surface area contributed by atoms with E-state index in [9.17, 15) is 24.3 Å². The Hall–Kier alpha value is -4.42. The number of thioether (sulfide) groups is 1. The zero-order chi connectivity index (χ0) is 35.6. The third-order valence-electron chi connectivity index (χ3n) is 8.00. The molecule has 49 heavy (non-hydrogen) atoms. The van der Waals surface area contributed by atoms with Gasteiger partial charge in [-0.25, -0.2) is 4.79 Å². The number of aliphatic hydroxyl groups is 1. The number of aliphatic hydroxyl groups excluding tert-OH is 1. The summed E-state index contributed by atoms with van der Waals surface area (Å²) in [5.74, 6) is -1.41. The lowest BCUT2D eigenvalue weighted by molar-refractivity contribution is -0.132. The zero-order valence-corrected chi connectivity index (χ0v) is 29.5. The monoisotopic (exact) mass is 691 g/mol. The van der Waals surface area contributed by atoms with Crippen LogP contribution in [-0.4, -0.2) is 70.1 Å². The van der Waals surface area contributed by atoms with Crippen LogP contribution < -0.4 is 21.3 Å². The summed E-state index contributed by atoms with van der Waals surface area (Å²) >= 11 is 1.53. The Kier molecular flexibility index (Phi) is 16.6. The number of aromatic nitrogens is 1. The van der Waals surface area contributed by atoms with Crippen LogP contribution >= 0.6 is 11.8 Å². The third kappa shape index (κ3) is 13.9. The normalized spacial score (nSPS) is 14.1. The Morgan fingerprint density at radius 2 is 1.47 bits per heavy atom. The van der Waals surface area contributed by atoms with Gasteiger partial charge in [-0.05, 0) is 54.4 Å². The Balaban J connectivity index is 1.66. The highest BCUT2D eigenvalue weighted by Crippen LogP contribution is 2.16. The largest absolute Gasteiger partial charge is 0.445 e. The molecule has 0 fully saturated rings. The number of alkyl carbamates (subject to hydrolysis) is 1. The number of amides is 4. The molecule has 0 bridgehead atoms. The van der Waals surface area contributed by atoms with Gasteiger partial charge in [0.05, 0.1) is 12.1 Å². The third-order valence-corrected chi connectivity index (χ3v) is 8.65. The highest BCUT2D eigenvalue weighted by atomic mass is 32.2. The van der Waals surface area contributed by atoms with Crippen molar-refractivity contribution in [1.29, 1.82) is 0 Å². The zero-order valence-electron chi connectivity index (χ0n) is 28.6. The highest BCUT2D eigenvalue weighted by molar-refractivity contribution is 7.98. The van der Waals surface area contributed by atoms with Crippen molar-refractivity contribution >= 4 is 35.6 Å². The number of nitrogens with one attached hydrogen (secondary N) is 4. The van der Waals surface area contributed by atoms with Gasteiger partial charge in [-0.15, -0.1) is 0 Å². The van der Waals surface area contributed by atoms with Gasteiger partial charge in [-0.1, -0.05) is 87.5 Å². The fourth-order valence-electron chi connectivity index (χ4n) is 5.11. The Morgan fingerprint density at radius 3 is 2.08 bits per heavy atom. The highest BCUT2D eigenvalue weighted by Gasteiger charge is 2.31. The van der Waals surface area contributed by atoms with E-state index in [2.05, 4.69) is 26.3 Å². The predicted octanol–water partition coefficient (Wildman–Crippen LogP) is 4.00. The van der Waals surface area contributed by atoms with Crippen LogP contribution in [0.25, 0.3) is 0 Å². The fraction of sp³-hybridized carbons (Fsp3) is 0.432. The van der Waals surface area contributed by atoms with Crippen molar-refractivity contribution in [2.24, 2.45) is 11.8 Å². The Labute approximate surface area is 293 Å². The predicted molar refractivity (Wildman–Crippen MR) is 191 cm³/mol. The second-order valence-electron chi connectivity index (χ2n) is 12.4. The van der Waals surface area contributed by atoms with E-state index < -0.39 is 42.1 Å². The summed E-state index contributed by atoms with van der Waals surface area (Å²) < 4.78 is 5.32. The molecule has 0 saturated heterocycles. The molecule has 2 aromatic carbocycles. The van der Waals surface area contributed by atoms with Crippen LogP contribution in [0.2, 0.25) is 0 Å². The van der Waals surface area contributed by atoms with Crippen molar-refractivity contribution in [2.75, 3.05) is 12.0 Å². The number of rotatable bonds is 19. The molecule has 4 amide bonds. The number of nitrogens with zero attached hydrogens (tertiary/aromatic N) is 1. The van der Waals surface area contributed by atoms with Gasteiger partial charge >= 0.3 is 6.09 Å². The van der Waals surface area contributed by atoms with Gasteiger partial charge in [-0.2, -0.15) is 11.8 Å². The average molecular weight is 692 g/mol. The number of ether oxygens (including phenoxy) is 1. The Morgan fingerprint density at radius 1 is 0.816 bits per heavy atom. The van der Waals surface area contributed by atoms with E-state index in [4.69, 9.17) is 4.74 Å². The van der Waals surface area contributed by atoms with Crippen molar-refractivity contribution < 1.29 is 29.0 Å². The maximum atomic E-state index is 13.6. The quantitative estimate of drug-likeness (QED) is 0.126. The lowest BCUT2D eigenvalue weighted by Crippen LogP contribution is -2.54. The van der Waals surface area contributed by atoms with Crippen molar-refractivity contribution in [3.63, 3.8) is 0 Å². The molecular formula is C37H49N5O6S. The number of hydrogen-bond acceptors (Lipinski definition) is 8. The van der Waals surface area contributed by atoms with Gasteiger partial charge in [-0.3, -0.25) is 19.4 Å². The first-order chi connectivity index (χ1) is 23.6. The van der Waals surface area contributed by atoms with E-state index in [0.29, 0.717) is 30.7 Å². The molecule has 3 aromatic rings. The van der Waals surface area contributed by atoms with E-state index in [-0.39, 0.29) is 30.8 Å². The van der Waals surface area contributed by atoms with E-state index in [0.717, 1.165) is 11.1 Å². The molecule has 0 radical (unpaired) electrons. The summed E-state index contributed by atoms with van der Waals surface area (Å²) in [6.07, 6.45) is 3.90. The first kappa shape index (κ1) is 39.0. The second kappa shape index (κ2) is 20.8. The molecule has 0 saturated carbocycles. The maximum Gasteiger partial charge on any atom is 0.408 e. The minimum absolute atomic E-state index is 0.00179. The average Bonchev–Trinajstić information content (AvgIpc) is 3.11.